The smallest absolute Gasteiger partial charge is 0.278 e. The van der Waals surface area contributed by atoms with Gasteiger partial charge < -0.3 is 0 Å². The van der Waals surface area contributed by atoms with E-state index in [2.05, 4.69) is 5.10 Å². The van der Waals surface area contributed by atoms with E-state index in [1.807, 2.05) is 30.3 Å². The highest BCUT2D eigenvalue weighted by molar-refractivity contribution is 6.04. The van der Waals surface area contributed by atoms with E-state index in [1.165, 1.54) is 6.07 Å². The van der Waals surface area contributed by atoms with Crippen molar-refractivity contribution in [1.29, 1.82) is 0 Å². The first-order valence-corrected chi connectivity index (χ1v) is 8.11. The summed E-state index contributed by atoms with van der Waals surface area (Å²) in [7, 11) is 0. The van der Waals surface area contributed by atoms with Crippen molar-refractivity contribution in [3.63, 3.8) is 0 Å². The fourth-order valence-corrected chi connectivity index (χ4v) is 3.32. The minimum atomic E-state index is -0.434. The van der Waals surface area contributed by atoms with Gasteiger partial charge in [0.05, 0.1) is 27.4 Å². The first-order chi connectivity index (χ1) is 12.2. The van der Waals surface area contributed by atoms with E-state index in [1.54, 1.807) is 22.9 Å². The number of nitrogens with zero attached hydrogens (tertiary/aromatic N) is 3. The largest absolute Gasteiger partial charge is 0.294 e. The molecular weight excluding hydrogens is 318 g/mol. The van der Waals surface area contributed by atoms with Crippen LogP contribution in [0.1, 0.15) is 28.9 Å². The molecule has 124 valence electrons. The molecule has 6 heteroatoms. The van der Waals surface area contributed by atoms with Crippen molar-refractivity contribution < 1.29 is 9.72 Å². The molecule has 0 spiro atoms. The molecule has 3 aromatic rings. The lowest BCUT2D eigenvalue weighted by molar-refractivity contribution is -0.384. The Labute approximate surface area is 143 Å². The zero-order valence-electron chi connectivity index (χ0n) is 13.4. The number of Topliss-reactive ketones (excluding diaryl/α,β-unsaturated/α-hetero) is 1. The maximum absolute atomic E-state index is 12.6. The minimum absolute atomic E-state index is 0.00316. The number of fused-ring (bicyclic) bond motifs is 1. The lowest BCUT2D eigenvalue weighted by Crippen LogP contribution is -2.13. The van der Waals surface area contributed by atoms with Crippen LogP contribution in [0.2, 0.25) is 0 Å². The number of rotatable bonds is 3. The first-order valence-electron chi connectivity index (χ1n) is 8.11. The molecule has 0 fully saturated rings. The van der Waals surface area contributed by atoms with Crippen molar-refractivity contribution >= 4 is 11.5 Å². The zero-order valence-corrected chi connectivity index (χ0v) is 13.4. The van der Waals surface area contributed by atoms with Crippen molar-refractivity contribution in [3.05, 3.63) is 76.0 Å². The summed E-state index contributed by atoms with van der Waals surface area (Å²) >= 11 is 0. The van der Waals surface area contributed by atoms with Crippen molar-refractivity contribution in [2.45, 2.75) is 19.3 Å². The summed E-state index contributed by atoms with van der Waals surface area (Å²) in [6, 6.07) is 16.0. The van der Waals surface area contributed by atoms with Crippen molar-refractivity contribution in [2.75, 3.05) is 0 Å². The Kier molecular flexibility index (Phi) is 3.65. The molecule has 0 saturated carbocycles. The molecule has 1 aromatic heterocycles. The maximum atomic E-state index is 12.6. The van der Waals surface area contributed by atoms with Crippen LogP contribution < -0.4 is 0 Å². The van der Waals surface area contributed by atoms with Crippen LogP contribution in [0.4, 0.5) is 5.69 Å². The molecule has 1 heterocycles. The van der Waals surface area contributed by atoms with E-state index >= 15 is 0 Å². The number of benzene rings is 2. The van der Waals surface area contributed by atoms with Gasteiger partial charge in [-0.3, -0.25) is 14.9 Å². The third-order valence-electron chi connectivity index (χ3n) is 4.43. The van der Waals surface area contributed by atoms with E-state index in [4.69, 9.17) is 0 Å². The SMILES string of the molecule is O=C1CCCc2c1c(-c1ccccc1[N+](=O)[O-])nn2-c1ccccc1. The van der Waals surface area contributed by atoms with Crippen LogP contribution >= 0.6 is 0 Å². The van der Waals surface area contributed by atoms with Gasteiger partial charge in [-0.25, -0.2) is 4.68 Å². The van der Waals surface area contributed by atoms with Gasteiger partial charge in [0.1, 0.15) is 5.69 Å². The number of ketones is 1. The number of hydrogen-bond acceptors (Lipinski definition) is 4. The van der Waals surface area contributed by atoms with Crippen LogP contribution in [0.25, 0.3) is 16.9 Å². The van der Waals surface area contributed by atoms with Crippen LogP contribution in [0.15, 0.2) is 54.6 Å². The lowest BCUT2D eigenvalue weighted by Gasteiger charge is -2.13. The van der Waals surface area contributed by atoms with Gasteiger partial charge in [-0.2, -0.15) is 5.10 Å². The Hall–Kier alpha value is -3.28. The molecule has 1 aliphatic carbocycles. The minimum Gasteiger partial charge on any atom is -0.294 e. The summed E-state index contributed by atoms with van der Waals surface area (Å²) in [5, 5.41) is 16.0. The molecule has 0 saturated heterocycles. The Morgan fingerprint density at radius 1 is 1.00 bits per heavy atom. The predicted octanol–water partition coefficient (Wildman–Crippen LogP) is 3.97. The Morgan fingerprint density at radius 3 is 2.48 bits per heavy atom. The molecule has 2 aromatic carbocycles. The lowest BCUT2D eigenvalue weighted by atomic mass is 9.92. The summed E-state index contributed by atoms with van der Waals surface area (Å²) in [6.07, 6.45) is 1.94. The van der Waals surface area contributed by atoms with Gasteiger partial charge in [0.2, 0.25) is 0 Å². The molecule has 0 atom stereocenters. The highest BCUT2D eigenvalue weighted by Crippen LogP contribution is 2.36. The van der Waals surface area contributed by atoms with Crippen molar-refractivity contribution in [1.82, 2.24) is 9.78 Å². The average molecular weight is 333 g/mol. The van der Waals surface area contributed by atoms with E-state index in [9.17, 15) is 14.9 Å². The molecule has 0 radical (unpaired) electrons. The quantitative estimate of drug-likeness (QED) is 0.537. The summed E-state index contributed by atoms with van der Waals surface area (Å²) in [5.41, 5.74) is 2.93. The Balaban J connectivity index is 2.00. The molecule has 0 amide bonds. The molecule has 4 rings (SSSR count). The van der Waals surface area contributed by atoms with Gasteiger partial charge in [0.25, 0.3) is 5.69 Å². The van der Waals surface area contributed by atoms with Crippen LogP contribution in [-0.4, -0.2) is 20.5 Å². The number of hydrogen-bond donors (Lipinski definition) is 0. The topological polar surface area (TPSA) is 78.0 Å². The fraction of sp³-hybridized carbons (Fsp3) is 0.158. The summed E-state index contributed by atoms with van der Waals surface area (Å²) in [4.78, 5) is 23.6. The summed E-state index contributed by atoms with van der Waals surface area (Å²) in [6.45, 7) is 0. The molecule has 0 unspecified atom stereocenters. The number of para-hydroxylation sites is 2. The number of carbonyl (C=O) groups is 1. The number of nitro benzene ring substituents is 1. The molecule has 0 aliphatic heterocycles. The molecule has 0 N–H and O–H groups in total. The van der Waals surface area contributed by atoms with E-state index in [-0.39, 0.29) is 11.5 Å². The summed E-state index contributed by atoms with van der Waals surface area (Å²) < 4.78 is 1.75. The first kappa shape index (κ1) is 15.3. The van der Waals surface area contributed by atoms with Crippen LogP contribution in [0.5, 0.6) is 0 Å². The van der Waals surface area contributed by atoms with Gasteiger partial charge in [0.15, 0.2) is 5.78 Å². The van der Waals surface area contributed by atoms with Gasteiger partial charge in [-0.05, 0) is 31.0 Å². The van der Waals surface area contributed by atoms with Gasteiger partial charge in [-0.1, -0.05) is 30.3 Å². The standard InChI is InChI=1S/C19H15N3O3/c23-17-12-6-11-16-18(17)19(14-9-4-5-10-15(14)22(24)25)20-21(16)13-7-2-1-3-8-13/h1-5,7-10H,6,11-12H2. The average Bonchev–Trinajstić information content (AvgIpc) is 3.03. The number of carbonyl (C=O) groups excluding carboxylic acids is 1. The second-order valence-electron chi connectivity index (χ2n) is 5.97. The summed E-state index contributed by atoms with van der Waals surface area (Å²) in [5.74, 6) is -0.00316. The normalized spacial score (nSPS) is 13.5. The third kappa shape index (κ3) is 2.52. The molecule has 25 heavy (non-hydrogen) atoms. The third-order valence-corrected chi connectivity index (χ3v) is 4.43. The predicted molar refractivity (Wildman–Crippen MR) is 92.9 cm³/mol. The van der Waals surface area contributed by atoms with Gasteiger partial charge >= 0.3 is 0 Å². The zero-order chi connectivity index (χ0) is 17.4. The van der Waals surface area contributed by atoms with Gasteiger partial charge in [0, 0.05) is 12.5 Å². The van der Waals surface area contributed by atoms with Crippen LogP contribution in [0, 0.1) is 10.1 Å². The van der Waals surface area contributed by atoms with E-state index < -0.39 is 4.92 Å². The van der Waals surface area contributed by atoms with Crippen molar-refractivity contribution in [3.8, 4) is 16.9 Å². The molecule has 0 bridgehead atoms. The highest BCUT2D eigenvalue weighted by Gasteiger charge is 2.30. The number of aromatic nitrogens is 2. The Bertz CT molecular complexity index is 977. The van der Waals surface area contributed by atoms with Crippen molar-refractivity contribution in [2.24, 2.45) is 0 Å². The monoisotopic (exact) mass is 333 g/mol. The maximum Gasteiger partial charge on any atom is 0.278 e. The fourth-order valence-electron chi connectivity index (χ4n) is 3.32. The molecule has 6 nitrogen and oxygen atoms in total. The van der Waals surface area contributed by atoms with E-state index in [0.29, 0.717) is 23.2 Å². The van der Waals surface area contributed by atoms with Gasteiger partial charge in [-0.15, -0.1) is 0 Å². The number of nitro groups is 1. The van der Waals surface area contributed by atoms with Crippen LogP contribution in [0.3, 0.4) is 0 Å². The van der Waals surface area contributed by atoms with Crippen LogP contribution in [-0.2, 0) is 6.42 Å². The van der Waals surface area contributed by atoms with E-state index in [0.717, 1.165) is 24.2 Å². The highest BCUT2D eigenvalue weighted by atomic mass is 16.6. The molecular formula is C19H15N3O3. The second-order valence-corrected chi connectivity index (χ2v) is 5.97. The second kappa shape index (κ2) is 5.98. The Morgan fingerprint density at radius 2 is 1.72 bits per heavy atom. The molecule has 1 aliphatic rings.